The number of hydrogen-bond acceptors (Lipinski definition) is 10. The summed E-state index contributed by atoms with van der Waals surface area (Å²) in [4.78, 5) is 3.26. The van der Waals surface area contributed by atoms with Crippen molar-refractivity contribution in [2.24, 2.45) is 0 Å². The van der Waals surface area contributed by atoms with E-state index in [9.17, 15) is 25.5 Å². The normalized spacial score (nSPS) is 18.0. The molecule has 1 aliphatic heterocycles. The number of fused-ring (bicyclic) bond motifs is 6. The molecule has 1 aromatic heterocycles. The molecule has 5 aromatic rings. The van der Waals surface area contributed by atoms with Crippen LogP contribution < -0.4 is 19.5 Å². The lowest BCUT2D eigenvalue weighted by Crippen LogP contribution is -2.36. The molecule has 1 aliphatic carbocycles. The third-order valence-electron chi connectivity index (χ3n) is 9.57. The first-order valence-electron chi connectivity index (χ1n) is 16.9. The Hall–Kier alpha value is -4.78. The zero-order valence-electron chi connectivity index (χ0n) is 27.8. The van der Waals surface area contributed by atoms with Gasteiger partial charge in [-0.25, -0.2) is 0 Å². The van der Waals surface area contributed by atoms with Crippen molar-refractivity contribution in [2.75, 3.05) is 40.2 Å². The van der Waals surface area contributed by atoms with E-state index in [0.717, 1.165) is 45.1 Å². The van der Waals surface area contributed by atoms with Gasteiger partial charge in [-0.05, 0) is 101 Å². The Morgan fingerprint density at radius 2 is 1.78 bits per heavy atom. The van der Waals surface area contributed by atoms with E-state index in [-0.39, 0.29) is 56.3 Å². The third-order valence-corrected chi connectivity index (χ3v) is 9.57. The van der Waals surface area contributed by atoms with Crippen molar-refractivity contribution in [1.82, 2.24) is 10.3 Å². The minimum atomic E-state index is -0.863. The number of ether oxygens (including phenoxy) is 4. The number of phenols is 2. The SMILES string of the molecule is CNCO[C@@H]1Cc2c(cc(OC(CO)CO)c3c2C[C@@H](Cc2ccc4[nH]ccc4c2)c2cc(O)ccc2-3)O[C@@H]1c1ccc(O)c(OCCO)c1. The highest BCUT2D eigenvalue weighted by Gasteiger charge is 2.39. The number of aromatic amines is 1. The Balaban J connectivity index is 1.35. The summed E-state index contributed by atoms with van der Waals surface area (Å²) in [6.07, 6.45) is 1.88. The molecule has 3 atom stereocenters. The predicted molar refractivity (Wildman–Crippen MR) is 187 cm³/mol. The van der Waals surface area contributed by atoms with Crippen molar-refractivity contribution in [3.05, 3.63) is 101 Å². The first-order valence-corrected chi connectivity index (χ1v) is 16.9. The van der Waals surface area contributed by atoms with E-state index in [1.54, 1.807) is 25.2 Å². The fraction of sp³-hybridized carbons (Fsp3) is 0.333. The molecular formula is C39H42N2O9. The first kappa shape index (κ1) is 33.7. The third kappa shape index (κ3) is 6.58. The maximum absolute atomic E-state index is 10.7. The van der Waals surface area contributed by atoms with Crippen LogP contribution in [0.5, 0.6) is 28.7 Å². The fourth-order valence-corrected chi connectivity index (χ4v) is 7.27. The first-order chi connectivity index (χ1) is 24.4. The second kappa shape index (κ2) is 14.6. The lowest BCUT2D eigenvalue weighted by Gasteiger charge is -2.38. The number of H-pyrrole nitrogens is 1. The van der Waals surface area contributed by atoms with E-state index < -0.39 is 18.3 Å². The molecule has 0 fully saturated rings. The molecule has 0 saturated carbocycles. The summed E-state index contributed by atoms with van der Waals surface area (Å²) in [5.74, 6) is 1.39. The summed E-state index contributed by atoms with van der Waals surface area (Å²) in [6.45, 7) is -0.679. The Morgan fingerprint density at radius 3 is 2.58 bits per heavy atom. The number of hydrogen-bond donors (Lipinski definition) is 7. The van der Waals surface area contributed by atoms with Gasteiger partial charge >= 0.3 is 0 Å². The van der Waals surface area contributed by atoms with E-state index in [2.05, 4.69) is 34.6 Å². The number of nitrogens with one attached hydrogen (secondary N) is 2. The molecule has 0 unspecified atom stereocenters. The van der Waals surface area contributed by atoms with Crippen LogP contribution in [0.2, 0.25) is 0 Å². The van der Waals surface area contributed by atoms with Crippen molar-refractivity contribution in [3.63, 3.8) is 0 Å². The number of aliphatic hydroxyl groups excluding tert-OH is 3. The quantitative estimate of drug-likeness (QED) is 0.0882. The number of rotatable bonds is 13. The monoisotopic (exact) mass is 682 g/mol. The number of benzene rings is 4. The predicted octanol–water partition coefficient (Wildman–Crippen LogP) is 4.47. The highest BCUT2D eigenvalue weighted by atomic mass is 16.6. The van der Waals surface area contributed by atoms with Gasteiger partial charge < -0.3 is 49.5 Å². The van der Waals surface area contributed by atoms with Gasteiger partial charge in [0.25, 0.3) is 0 Å². The second-order valence-electron chi connectivity index (χ2n) is 12.8. The molecular weight excluding hydrogens is 640 g/mol. The van der Waals surface area contributed by atoms with E-state index in [4.69, 9.17) is 18.9 Å². The minimum Gasteiger partial charge on any atom is -0.508 e. The highest BCUT2D eigenvalue weighted by Crippen LogP contribution is 2.53. The van der Waals surface area contributed by atoms with Crippen LogP contribution in [0.4, 0.5) is 0 Å². The molecule has 262 valence electrons. The topological polar surface area (TPSA) is 166 Å². The van der Waals surface area contributed by atoms with Crippen LogP contribution in [0.3, 0.4) is 0 Å². The molecule has 0 bridgehead atoms. The van der Waals surface area contributed by atoms with Gasteiger partial charge in [-0.3, -0.25) is 5.32 Å². The summed E-state index contributed by atoms with van der Waals surface area (Å²) in [5.41, 5.74) is 7.66. The number of phenolic OH excluding ortho intramolecular Hbond substituents is 2. The number of aliphatic hydroxyl groups is 3. The number of aromatic hydroxyl groups is 2. The average Bonchev–Trinajstić information content (AvgIpc) is 3.60. The molecule has 4 aromatic carbocycles. The molecule has 0 saturated heterocycles. The average molecular weight is 683 g/mol. The molecule has 50 heavy (non-hydrogen) atoms. The molecule has 0 amide bonds. The van der Waals surface area contributed by atoms with E-state index in [1.165, 1.54) is 11.6 Å². The standard InChI is InChI=1S/C39H42N2O9/c1-40-21-48-37-17-30-31-14-25(13-22-2-6-32-23(12-22)8-9-41-32)29-16-26(45)4-5-28(29)38(31)36(49-27(19-43)20-44)18-34(30)50-39(37)24-3-7-33(46)35(15-24)47-11-10-42/h2-9,12,15-16,18,25,27,37,39-46H,10-11,13-14,17,19-21H2,1H3/t25-,37-,39-/m1/s1. The lowest BCUT2D eigenvalue weighted by atomic mass is 9.73. The Morgan fingerprint density at radius 1 is 0.920 bits per heavy atom. The lowest BCUT2D eigenvalue weighted by molar-refractivity contribution is -0.0430. The van der Waals surface area contributed by atoms with E-state index in [1.807, 2.05) is 24.4 Å². The van der Waals surface area contributed by atoms with E-state index >= 15 is 0 Å². The zero-order chi connectivity index (χ0) is 34.8. The number of aromatic nitrogens is 1. The largest absolute Gasteiger partial charge is 0.508 e. The Labute approximate surface area is 289 Å². The van der Waals surface area contributed by atoms with Gasteiger partial charge in [-0.2, -0.15) is 0 Å². The minimum absolute atomic E-state index is 0.00422. The van der Waals surface area contributed by atoms with Gasteiger partial charge in [0.1, 0.15) is 36.1 Å². The van der Waals surface area contributed by atoms with Crippen LogP contribution in [0, 0.1) is 0 Å². The molecule has 7 N–H and O–H groups in total. The summed E-state index contributed by atoms with van der Waals surface area (Å²) >= 11 is 0. The van der Waals surface area contributed by atoms with Gasteiger partial charge in [-0.15, -0.1) is 0 Å². The molecule has 0 spiro atoms. The summed E-state index contributed by atoms with van der Waals surface area (Å²) < 4.78 is 25.0. The zero-order valence-corrected chi connectivity index (χ0v) is 27.8. The maximum atomic E-state index is 10.7. The fourth-order valence-electron chi connectivity index (χ4n) is 7.27. The van der Waals surface area contributed by atoms with E-state index in [0.29, 0.717) is 29.9 Å². The summed E-state index contributed by atoms with van der Waals surface area (Å²) in [7, 11) is 1.81. The molecule has 2 aliphatic rings. The van der Waals surface area contributed by atoms with Gasteiger partial charge in [0.2, 0.25) is 0 Å². The molecule has 2 heterocycles. The van der Waals surface area contributed by atoms with Crippen molar-refractivity contribution in [1.29, 1.82) is 0 Å². The van der Waals surface area contributed by atoms with Crippen LogP contribution in [0.1, 0.15) is 39.8 Å². The summed E-state index contributed by atoms with van der Waals surface area (Å²) in [5, 5.41) is 54.6. The van der Waals surface area contributed by atoms with Crippen LogP contribution >= 0.6 is 0 Å². The van der Waals surface area contributed by atoms with Gasteiger partial charge in [-0.1, -0.05) is 18.2 Å². The van der Waals surface area contributed by atoms with Gasteiger partial charge in [0, 0.05) is 35.3 Å². The second-order valence-corrected chi connectivity index (χ2v) is 12.8. The van der Waals surface area contributed by atoms with Crippen molar-refractivity contribution < 1.29 is 44.5 Å². The van der Waals surface area contributed by atoms with Crippen molar-refractivity contribution in [2.45, 2.75) is 43.5 Å². The van der Waals surface area contributed by atoms with Gasteiger partial charge in [0.05, 0.1) is 26.6 Å². The highest BCUT2D eigenvalue weighted by molar-refractivity contribution is 5.83. The molecule has 11 heteroatoms. The Bertz CT molecular complexity index is 1970. The smallest absolute Gasteiger partial charge is 0.161 e. The van der Waals surface area contributed by atoms with Crippen molar-refractivity contribution >= 4 is 10.9 Å². The Kier molecular flexibility index (Phi) is 9.84. The van der Waals surface area contributed by atoms with Crippen LogP contribution in [-0.4, -0.2) is 82.9 Å². The van der Waals surface area contributed by atoms with Crippen LogP contribution in [-0.2, 0) is 24.0 Å². The van der Waals surface area contributed by atoms with Gasteiger partial charge in [0.15, 0.2) is 17.6 Å². The molecule has 0 radical (unpaired) electrons. The van der Waals surface area contributed by atoms with Crippen molar-refractivity contribution in [3.8, 4) is 39.9 Å². The molecule has 7 rings (SSSR count). The van der Waals surface area contributed by atoms with Crippen LogP contribution in [0.25, 0.3) is 22.0 Å². The molecule has 11 nitrogen and oxygen atoms in total. The summed E-state index contributed by atoms with van der Waals surface area (Å²) in [6, 6.07) is 20.7. The maximum Gasteiger partial charge on any atom is 0.161 e. The van der Waals surface area contributed by atoms with Crippen LogP contribution in [0.15, 0.2) is 72.9 Å².